The third-order valence-electron chi connectivity index (χ3n) is 2.93. The largest absolute Gasteiger partial charge is 0.496 e. The summed E-state index contributed by atoms with van der Waals surface area (Å²) in [7, 11) is 2.79. The number of hydrogen-bond acceptors (Lipinski definition) is 4. The summed E-state index contributed by atoms with van der Waals surface area (Å²) in [4.78, 5) is 23.3. The molecule has 1 aromatic carbocycles. The molecule has 5 heteroatoms. The Morgan fingerprint density at radius 1 is 1.21 bits per heavy atom. The van der Waals surface area contributed by atoms with Gasteiger partial charge < -0.3 is 9.47 Å². The van der Waals surface area contributed by atoms with Gasteiger partial charge in [-0.05, 0) is 31.0 Å². The number of Topliss-reactive ketones (excluding diaryl/α,β-unsaturated/α-hetero) is 1. The summed E-state index contributed by atoms with van der Waals surface area (Å²) in [5.41, 5.74) is 1.95. The first kappa shape index (κ1) is 15.5. The lowest BCUT2D eigenvalue weighted by molar-refractivity contribution is -0.140. The number of ketones is 1. The van der Waals surface area contributed by atoms with Gasteiger partial charge in [0.05, 0.1) is 26.2 Å². The average Bonchev–Trinajstić information content (AvgIpc) is 2.41. The second-order valence-electron chi connectivity index (χ2n) is 4.21. The van der Waals surface area contributed by atoms with Crippen molar-refractivity contribution in [3.05, 3.63) is 27.8 Å². The van der Waals surface area contributed by atoms with Crippen LogP contribution in [0.1, 0.15) is 34.3 Å². The molecular weight excluding hydrogens is 268 g/mol. The van der Waals surface area contributed by atoms with Gasteiger partial charge in [-0.2, -0.15) is 0 Å². The van der Waals surface area contributed by atoms with Gasteiger partial charge in [0.2, 0.25) is 0 Å². The summed E-state index contributed by atoms with van der Waals surface area (Å²) in [6.45, 7) is 3.61. The van der Waals surface area contributed by atoms with Crippen LogP contribution >= 0.6 is 11.6 Å². The summed E-state index contributed by atoms with van der Waals surface area (Å²) in [5.74, 6) is -0.112. The molecule has 0 saturated heterocycles. The third kappa shape index (κ3) is 3.47. The molecular formula is C14H17ClO4. The molecule has 0 bridgehead atoms. The van der Waals surface area contributed by atoms with Crippen LogP contribution in [0, 0.1) is 13.8 Å². The third-order valence-corrected chi connectivity index (χ3v) is 3.51. The van der Waals surface area contributed by atoms with E-state index in [2.05, 4.69) is 4.74 Å². The Hall–Kier alpha value is -1.55. The molecule has 0 atom stereocenters. The normalized spacial score (nSPS) is 10.2. The van der Waals surface area contributed by atoms with E-state index >= 15 is 0 Å². The second kappa shape index (κ2) is 6.57. The smallest absolute Gasteiger partial charge is 0.305 e. The number of aryl methyl sites for hydroxylation is 1. The number of hydrogen-bond donors (Lipinski definition) is 0. The highest BCUT2D eigenvalue weighted by Crippen LogP contribution is 2.32. The summed E-state index contributed by atoms with van der Waals surface area (Å²) in [5, 5.41) is 0.544. The van der Waals surface area contributed by atoms with Gasteiger partial charge in [-0.25, -0.2) is 0 Å². The van der Waals surface area contributed by atoms with Crippen LogP contribution in [0.2, 0.25) is 5.02 Å². The molecule has 0 aliphatic rings. The Morgan fingerprint density at radius 3 is 2.37 bits per heavy atom. The van der Waals surface area contributed by atoms with Crippen molar-refractivity contribution in [1.82, 2.24) is 0 Å². The van der Waals surface area contributed by atoms with Crippen molar-refractivity contribution in [1.29, 1.82) is 0 Å². The van der Waals surface area contributed by atoms with Crippen LogP contribution in [0.25, 0.3) is 0 Å². The SMILES string of the molecule is COC(=O)CCC(=O)c1c(OC)cc(C)c(Cl)c1C. The summed E-state index contributed by atoms with van der Waals surface area (Å²) < 4.78 is 9.74. The molecule has 0 unspecified atom stereocenters. The van der Waals surface area contributed by atoms with Gasteiger partial charge in [-0.3, -0.25) is 9.59 Å². The maximum Gasteiger partial charge on any atom is 0.305 e. The van der Waals surface area contributed by atoms with Crippen LogP contribution in [-0.2, 0) is 9.53 Å². The van der Waals surface area contributed by atoms with Crippen LogP contribution in [0.3, 0.4) is 0 Å². The van der Waals surface area contributed by atoms with E-state index in [1.807, 2.05) is 6.92 Å². The Kier molecular flexibility index (Phi) is 5.36. The van der Waals surface area contributed by atoms with Gasteiger partial charge in [0.25, 0.3) is 0 Å². The minimum atomic E-state index is -0.414. The van der Waals surface area contributed by atoms with E-state index in [1.54, 1.807) is 13.0 Å². The van der Waals surface area contributed by atoms with Gasteiger partial charge in [-0.1, -0.05) is 11.6 Å². The lowest BCUT2D eigenvalue weighted by Crippen LogP contribution is -2.09. The highest BCUT2D eigenvalue weighted by Gasteiger charge is 2.19. The van der Waals surface area contributed by atoms with Crippen LogP contribution in [0.5, 0.6) is 5.75 Å². The zero-order chi connectivity index (χ0) is 14.6. The molecule has 104 valence electrons. The molecule has 0 N–H and O–H groups in total. The zero-order valence-electron chi connectivity index (χ0n) is 11.5. The standard InChI is InChI=1S/C14H17ClO4/c1-8-7-11(18-3)13(9(2)14(8)15)10(16)5-6-12(17)19-4/h7H,5-6H2,1-4H3. The lowest BCUT2D eigenvalue weighted by atomic mass is 9.98. The summed E-state index contributed by atoms with van der Waals surface area (Å²) in [6, 6.07) is 1.72. The molecule has 1 aromatic rings. The summed E-state index contributed by atoms with van der Waals surface area (Å²) in [6.07, 6.45) is 0.118. The first-order valence-electron chi connectivity index (χ1n) is 5.86. The van der Waals surface area contributed by atoms with Gasteiger partial charge in [0, 0.05) is 11.4 Å². The van der Waals surface area contributed by atoms with Crippen molar-refractivity contribution in [2.75, 3.05) is 14.2 Å². The predicted molar refractivity (Wildman–Crippen MR) is 73.1 cm³/mol. The predicted octanol–water partition coefficient (Wildman–Crippen LogP) is 3.10. The van der Waals surface area contributed by atoms with Crippen LogP contribution < -0.4 is 4.74 Å². The zero-order valence-corrected chi connectivity index (χ0v) is 12.3. The average molecular weight is 285 g/mol. The molecule has 1 rings (SSSR count). The Morgan fingerprint density at radius 2 is 1.84 bits per heavy atom. The Labute approximate surface area is 117 Å². The molecule has 4 nitrogen and oxygen atoms in total. The first-order valence-corrected chi connectivity index (χ1v) is 6.23. The minimum Gasteiger partial charge on any atom is -0.496 e. The van der Waals surface area contributed by atoms with Crippen LogP contribution in [-0.4, -0.2) is 26.0 Å². The maximum absolute atomic E-state index is 12.2. The monoisotopic (exact) mass is 284 g/mol. The molecule has 0 radical (unpaired) electrons. The number of ether oxygens (including phenoxy) is 2. The van der Waals surface area contributed by atoms with Crippen molar-refractivity contribution in [2.24, 2.45) is 0 Å². The fraction of sp³-hybridized carbons (Fsp3) is 0.429. The number of rotatable bonds is 5. The molecule has 0 saturated carbocycles. The molecule has 0 fully saturated rings. The topological polar surface area (TPSA) is 52.6 Å². The lowest BCUT2D eigenvalue weighted by Gasteiger charge is -2.14. The van der Waals surface area contributed by atoms with Crippen molar-refractivity contribution < 1.29 is 19.1 Å². The van der Waals surface area contributed by atoms with Gasteiger partial charge >= 0.3 is 5.97 Å². The molecule has 0 aliphatic carbocycles. The fourth-order valence-electron chi connectivity index (χ4n) is 1.87. The second-order valence-corrected chi connectivity index (χ2v) is 4.59. The van der Waals surface area contributed by atoms with Gasteiger partial charge in [0.1, 0.15) is 5.75 Å². The molecule has 0 spiro atoms. The highest BCUT2D eigenvalue weighted by molar-refractivity contribution is 6.32. The number of methoxy groups -OCH3 is 2. The fourth-order valence-corrected chi connectivity index (χ4v) is 2.02. The summed E-state index contributed by atoms with van der Waals surface area (Å²) >= 11 is 6.15. The van der Waals surface area contributed by atoms with E-state index in [1.165, 1.54) is 14.2 Å². The van der Waals surface area contributed by atoms with E-state index in [-0.39, 0.29) is 18.6 Å². The number of halogens is 1. The van der Waals surface area contributed by atoms with Gasteiger partial charge in [-0.15, -0.1) is 0 Å². The Bertz CT molecular complexity index is 509. The van der Waals surface area contributed by atoms with Crippen molar-refractivity contribution in [2.45, 2.75) is 26.7 Å². The number of carbonyl (C=O) groups excluding carboxylic acids is 2. The van der Waals surface area contributed by atoms with Crippen molar-refractivity contribution >= 4 is 23.4 Å². The quantitative estimate of drug-likeness (QED) is 0.616. The van der Waals surface area contributed by atoms with E-state index in [0.29, 0.717) is 21.9 Å². The number of carbonyl (C=O) groups is 2. The first-order chi connectivity index (χ1) is 8.92. The van der Waals surface area contributed by atoms with E-state index in [0.717, 1.165) is 5.56 Å². The van der Waals surface area contributed by atoms with Crippen LogP contribution in [0.4, 0.5) is 0 Å². The highest BCUT2D eigenvalue weighted by atomic mass is 35.5. The number of benzene rings is 1. The maximum atomic E-state index is 12.2. The number of esters is 1. The van der Waals surface area contributed by atoms with Crippen LogP contribution in [0.15, 0.2) is 6.07 Å². The molecule has 0 aromatic heterocycles. The molecule has 0 heterocycles. The van der Waals surface area contributed by atoms with Crippen molar-refractivity contribution in [3.63, 3.8) is 0 Å². The van der Waals surface area contributed by atoms with Gasteiger partial charge in [0.15, 0.2) is 5.78 Å². The Balaban J connectivity index is 3.08. The molecule has 0 amide bonds. The van der Waals surface area contributed by atoms with E-state index < -0.39 is 5.97 Å². The molecule has 0 aliphatic heterocycles. The molecule has 19 heavy (non-hydrogen) atoms. The van der Waals surface area contributed by atoms with Crippen molar-refractivity contribution in [3.8, 4) is 5.75 Å². The van der Waals surface area contributed by atoms with E-state index in [9.17, 15) is 9.59 Å². The minimum absolute atomic E-state index is 0.0451. The van der Waals surface area contributed by atoms with E-state index in [4.69, 9.17) is 16.3 Å².